The van der Waals surface area contributed by atoms with Crippen molar-refractivity contribution in [3.05, 3.63) is 24.3 Å². The van der Waals surface area contributed by atoms with E-state index < -0.39 is 0 Å². The van der Waals surface area contributed by atoms with Gasteiger partial charge in [0.05, 0.1) is 5.69 Å². The molecule has 1 saturated carbocycles. The molecule has 1 fully saturated rings. The summed E-state index contributed by atoms with van der Waals surface area (Å²) in [6.45, 7) is 3.19. The second-order valence-corrected chi connectivity index (χ2v) is 4.45. The summed E-state index contributed by atoms with van der Waals surface area (Å²) in [4.78, 5) is 8.33. The smallest absolute Gasteiger partial charge is 0.0724 e. The Bertz CT molecular complexity index is 286. The molecule has 0 amide bonds. The van der Waals surface area contributed by atoms with Gasteiger partial charge in [-0.15, -0.1) is 0 Å². The molecule has 1 aliphatic carbocycles. The molecule has 3 nitrogen and oxygen atoms in total. The molecule has 1 aromatic rings. The first-order valence-electron chi connectivity index (χ1n) is 5.84. The van der Waals surface area contributed by atoms with Gasteiger partial charge >= 0.3 is 0 Å². The highest BCUT2D eigenvalue weighted by Gasteiger charge is 2.20. The third-order valence-electron chi connectivity index (χ3n) is 3.27. The fourth-order valence-corrected chi connectivity index (χ4v) is 2.28. The van der Waals surface area contributed by atoms with Crippen molar-refractivity contribution in [3.8, 4) is 0 Å². The molecule has 2 rings (SSSR count). The van der Waals surface area contributed by atoms with Crippen LogP contribution in [0.3, 0.4) is 0 Å². The van der Waals surface area contributed by atoms with E-state index in [1.165, 1.54) is 25.7 Å². The maximum Gasteiger partial charge on any atom is 0.0724 e. The minimum Gasteiger partial charge on any atom is -0.308 e. The van der Waals surface area contributed by atoms with Crippen molar-refractivity contribution in [2.75, 3.05) is 0 Å². The summed E-state index contributed by atoms with van der Waals surface area (Å²) >= 11 is 0. The monoisotopic (exact) mass is 205 g/mol. The zero-order chi connectivity index (χ0) is 10.5. The number of hydrogen-bond donors (Lipinski definition) is 1. The van der Waals surface area contributed by atoms with Gasteiger partial charge in [-0.2, -0.15) is 0 Å². The van der Waals surface area contributed by atoms with Gasteiger partial charge in [0.15, 0.2) is 0 Å². The van der Waals surface area contributed by atoms with E-state index in [0.29, 0.717) is 6.04 Å². The van der Waals surface area contributed by atoms with Crippen LogP contribution in [0, 0.1) is 5.92 Å². The predicted molar refractivity (Wildman–Crippen MR) is 60.3 cm³/mol. The van der Waals surface area contributed by atoms with Gasteiger partial charge in [0.25, 0.3) is 0 Å². The SMILES string of the molecule is CC1CCCCC1NCc1cnccn1. The van der Waals surface area contributed by atoms with Crippen molar-refractivity contribution in [1.82, 2.24) is 15.3 Å². The third-order valence-corrected chi connectivity index (χ3v) is 3.27. The quantitative estimate of drug-likeness (QED) is 0.821. The maximum atomic E-state index is 4.26. The molecular formula is C12H19N3. The molecule has 0 aromatic carbocycles. The minimum absolute atomic E-state index is 0.667. The van der Waals surface area contributed by atoms with Gasteiger partial charge in [-0.25, -0.2) is 0 Å². The lowest BCUT2D eigenvalue weighted by atomic mass is 9.86. The Labute approximate surface area is 91.3 Å². The molecule has 2 atom stereocenters. The lowest BCUT2D eigenvalue weighted by molar-refractivity contribution is 0.278. The van der Waals surface area contributed by atoms with E-state index >= 15 is 0 Å². The van der Waals surface area contributed by atoms with Gasteiger partial charge in [-0.05, 0) is 18.8 Å². The maximum absolute atomic E-state index is 4.26. The molecule has 3 heteroatoms. The Morgan fingerprint density at radius 1 is 1.33 bits per heavy atom. The summed E-state index contributed by atoms with van der Waals surface area (Å²) in [6.07, 6.45) is 10.7. The van der Waals surface area contributed by atoms with E-state index in [4.69, 9.17) is 0 Å². The Hall–Kier alpha value is -0.960. The van der Waals surface area contributed by atoms with Crippen molar-refractivity contribution in [3.63, 3.8) is 0 Å². The number of aromatic nitrogens is 2. The first kappa shape index (κ1) is 10.6. The molecule has 1 aliphatic rings. The molecule has 1 N–H and O–H groups in total. The van der Waals surface area contributed by atoms with E-state index in [1.54, 1.807) is 12.4 Å². The number of nitrogens with zero attached hydrogens (tertiary/aromatic N) is 2. The molecule has 0 saturated heterocycles. The molecule has 15 heavy (non-hydrogen) atoms. The fraction of sp³-hybridized carbons (Fsp3) is 0.667. The zero-order valence-corrected chi connectivity index (χ0v) is 9.32. The molecule has 0 radical (unpaired) electrons. The van der Waals surface area contributed by atoms with Crippen LogP contribution < -0.4 is 5.32 Å². The van der Waals surface area contributed by atoms with Crippen molar-refractivity contribution in [2.45, 2.75) is 45.2 Å². The standard InChI is InChI=1S/C12H19N3/c1-10-4-2-3-5-12(10)15-9-11-8-13-6-7-14-11/h6-8,10,12,15H,2-5,9H2,1H3. The topological polar surface area (TPSA) is 37.8 Å². The predicted octanol–water partition coefficient (Wildman–Crippen LogP) is 2.14. The van der Waals surface area contributed by atoms with Crippen LogP contribution in [0.4, 0.5) is 0 Å². The summed E-state index contributed by atoms with van der Waals surface area (Å²) < 4.78 is 0. The zero-order valence-electron chi connectivity index (χ0n) is 9.32. The van der Waals surface area contributed by atoms with Gasteiger partial charge in [0.2, 0.25) is 0 Å². The van der Waals surface area contributed by atoms with Crippen molar-refractivity contribution in [2.24, 2.45) is 5.92 Å². The van der Waals surface area contributed by atoms with Crippen LogP contribution in [-0.4, -0.2) is 16.0 Å². The first-order valence-corrected chi connectivity index (χ1v) is 5.84. The Balaban J connectivity index is 1.82. The van der Waals surface area contributed by atoms with E-state index in [9.17, 15) is 0 Å². The van der Waals surface area contributed by atoms with Crippen molar-refractivity contribution < 1.29 is 0 Å². The number of rotatable bonds is 3. The van der Waals surface area contributed by atoms with Gasteiger partial charge < -0.3 is 5.32 Å². The van der Waals surface area contributed by atoms with E-state index in [1.807, 2.05) is 6.20 Å². The van der Waals surface area contributed by atoms with Crippen LogP contribution in [0.25, 0.3) is 0 Å². The van der Waals surface area contributed by atoms with Crippen LogP contribution >= 0.6 is 0 Å². The van der Waals surface area contributed by atoms with Crippen LogP contribution in [0.1, 0.15) is 38.3 Å². The second kappa shape index (κ2) is 5.21. The summed E-state index contributed by atoms with van der Waals surface area (Å²) in [6, 6.07) is 0.667. The minimum atomic E-state index is 0.667. The fourth-order valence-electron chi connectivity index (χ4n) is 2.28. The van der Waals surface area contributed by atoms with Gasteiger partial charge in [0, 0.05) is 31.2 Å². The van der Waals surface area contributed by atoms with Gasteiger partial charge in [-0.3, -0.25) is 9.97 Å². The Morgan fingerprint density at radius 2 is 2.20 bits per heavy atom. The summed E-state index contributed by atoms with van der Waals surface area (Å²) in [7, 11) is 0. The molecular weight excluding hydrogens is 186 g/mol. The second-order valence-electron chi connectivity index (χ2n) is 4.45. The number of nitrogens with one attached hydrogen (secondary N) is 1. The lowest BCUT2D eigenvalue weighted by Gasteiger charge is -2.29. The van der Waals surface area contributed by atoms with Crippen LogP contribution in [0.15, 0.2) is 18.6 Å². The molecule has 0 bridgehead atoms. The Kier molecular flexibility index (Phi) is 3.67. The van der Waals surface area contributed by atoms with Crippen LogP contribution in [0.5, 0.6) is 0 Å². The molecule has 0 aliphatic heterocycles. The van der Waals surface area contributed by atoms with E-state index in [2.05, 4.69) is 22.2 Å². The average molecular weight is 205 g/mol. The summed E-state index contributed by atoms with van der Waals surface area (Å²) in [5.74, 6) is 0.801. The summed E-state index contributed by atoms with van der Waals surface area (Å²) in [5.41, 5.74) is 1.04. The molecule has 82 valence electrons. The molecule has 1 aromatic heterocycles. The van der Waals surface area contributed by atoms with Crippen molar-refractivity contribution in [1.29, 1.82) is 0 Å². The molecule has 2 unspecified atom stereocenters. The normalized spacial score (nSPS) is 26.5. The van der Waals surface area contributed by atoms with Crippen molar-refractivity contribution >= 4 is 0 Å². The van der Waals surface area contributed by atoms with Gasteiger partial charge in [-0.1, -0.05) is 19.8 Å². The highest BCUT2D eigenvalue weighted by Crippen LogP contribution is 2.23. The Morgan fingerprint density at radius 3 is 2.93 bits per heavy atom. The van der Waals surface area contributed by atoms with Crippen LogP contribution in [-0.2, 0) is 6.54 Å². The van der Waals surface area contributed by atoms with Gasteiger partial charge in [0.1, 0.15) is 0 Å². The average Bonchev–Trinajstić information content (AvgIpc) is 2.29. The van der Waals surface area contributed by atoms with Crippen LogP contribution in [0.2, 0.25) is 0 Å². The highest BCUT2D eigenvalue weighted by molar-refractivity contribution is 4.94. The third kappa shape index (κ3) is 2.99. The highest BCUT2D eigenvalue weighted by atomic mass is 14.9. The largest absolute Gasteiger partial charge is 0.308 e. The van der Waals surface area contributed by atoms with E-state index in [-0.39, 0.29) is 0 Å². The molecule has 0 spiro atoms. The molecule has 1 heterocycles. The lowest BCUT2D eigenvalue weighted by Crippen LogP contribution is -2.36. The summed E-state index contributed by atoms with van der Waals surface area (Å²) in [5, 5.41) is 3.59. The first-order chi connectivity index (χ1) is 7.36. The number of hydrogen-bond acceptors (Lipinski definition) is 3. The van der Waals surface area contributed by atoms with E-state index in [0.717, 1.165) is 18.2 Å².